The van der Waals surface area contributed by atoms with Crippen molar-refractivity contribution >= 4 is 17.9 Å². The zero-order chi connectivity index (χ0) is 29.2. The van der Waals surface area contributed by atoms with E-state index in [1.165, 1.54) is 7.11 Å². The number of esters is 3. The number of piperidine rings is 1. The molecule has 0 spiro atoms. The number of methoxy groups -OCH3 is 1. The van der Waals surface area contributed by atoms with Gasteiger partial charge in [0, 0.05) is 22.9 Å². The number of hydroxylamine groups is 2. The lowest BCUT2D eigenvalue weighted by Crippen LogP contribution is -2.63. The molecule has 1 aromatic rings. The van der Waals surface area contributed by atoms with E-state index in [9.17, 15) is 14.4 Å². The molecule has 1 aromatic carbocycles. The Bertz CT molecular complexity index is 999. The van der Waals surface area contributed by atoms with Crippen molar-refractivity contribution in [2.24, 2.45) is 17.3 Å². The summed E-state index contributed by atoms with van der Waals surface area (Å²) >= 11 is 0. The first-order valence-electron chi connectivity index (χ1n) is 14.2. The molecule has 8 nitrogen and oxygen atoms in total. The van der Waals surface area contributed by atoms with Gasteiger partial charge in [-0.15, -0.1) is 0 Å². The number of carbonyl (C=O) groups excluding carboxylic acids is 3. The molecule has 1 aliphatic heterocycles. The molecule has 0 aromatic heterocycles. The van der Waals surface area contributed by atoms with Gasteiger partial charge in [-0.1, -0.05) is 30.3 Å². The molecule has 2 fully saturated rings. The highest BCUT2D eigenvalue weighted by atomic mass is 16.7. The number of hydrogen-bond acceptors (Lipinski definition) is 8. The fourth-order valence-electron chi connectivity index (χ4n) is 7.13. The summed E-state index contributed by atoms with van der Waals surface area (Å²) in [5, 5.41) is 2.04. The molecule has 1 saturated heterocycles. The Morgan fingerprint density at radius 2 is 1.44 bits per heavy atom. The van der Waals surface area contributed by atoms with Crippen LogP contribution in [0.25, 0.3) is 0 Å². The lowest BCUT2D eigenvalue weighted by atomic mass is 9.64. The van der Waals surface area contributed by atoms with Crippen molar-refractivity contribution in [2.75, 3.05) is 20.3 Å². The maximum Gasteiger partial charge on any atom is 0.324 e. The Morgan fingerprint density at radius 3 is 1.90 bits per heavy atom. The molecule has 0 bridgehead atoms. The normalized spacial score (nSPS) is 26.0. The summed E-state index contributed by atoms with van der Waals surface area (Å²) in [6.45, 7) is 15.9. The first-order chi connectivity index (χ1) is 18.2. The summed E-state index contributed by atoms with van der Waals surface area (Å²) in [5.74, 6) is -4.31. The summed E-state index contributed by atoms with van der Waals surface area (Å²) in [4.78, 5) is 48.6. The van der Waals surface area contributed by atoms with Crippen LogP contribution in [0.3, 0.4) is 0 Å². The Hall–Kier alpha value is -2.45. The van der Waals surface area contributed by atoms with Crippen LogP contribution in [0.5, 0.6) is 0 Å². The second-order valence-corrected chi connectivity index (χ2v) is 12.6. The quantitative estimate of drug-likeness (QED) is 0.230. The largest absolute Gasteiger partial charge is 0.469 e. The number of nitrogens with zero attached hydrogens (tertiary/aromatic N) is 1. The van der Waals surface area contributed by atoms with E-state index < -0.39 is 46.7 Å². The monoisotopic (exact) mass is 545 g/mol. The number of ether oxygens (including phenoxy) is 3. The van der Waals surface area contributed by atoms with E-state index in [-0.39, 0.29) is 30.7 Å². The van der Waals surface area contributed by atoms with Crippen molar-refractivity contribution in [2.45, 2.75) is 104 Å². The van der Waals surface area contributed by atoms with E-state index in [1.54, 1.807) is 13.8 Å². The van der Waals surface area contributed by atoms with Crippen molar-refractivity contribution < 1.29 is 33.4 Å². The zero-order valence-corrected chi connectivity index (χ0v) is 25.2. The average molecular weight is 546 g/mol. The topological polar surface area (TPSA) is 91.4 Å². The minimum atomic E-state index is -1.83. The van der Waals surface area contributed by atoms with Crippen molar-refractivity contribution in [3.05, 3.63) is 35.9 Å². The lowest BCUT2D eigenvalue weighted by molar-refractivity contribution is -0.343. The van der Waals surface area contributed by atoms with E-state index in [1.807, 2.05) is 49.2 Å². The zero-order valence-electron chi connectivity index (χ0n) is 25.2. The second-order valence-electron chi connectivity index (χ2n) is 12.6. The predicted molar refractivity (Wildman–Crippen MR) is 148 cm³/mol. The van der Waals surface area contributed by atoms with Crippen LogP contribution in [0.4, 0.5) is 0 Å². The summed E-state index contributed by atoms with van der Waals surface area (Å²) in [6.07, 6.45) is 3.14. The lowest BCUT2D eigenvalue weighted by Gasteiger charge is -2.55. The molecular formula is C31H47NO7. The number of carbonyl (C=O) groups is 3. The van der Waals surface area contributed by atoms with Crippen LogP contribution in [-0.2, 0) is 33.4 Å². The Morgan fingerprint density at radius 1 is 0.923 bits per heavy atom. The summed E-state index contributed by atoms with van der Waals surface area (Å²) in [5.41, 5.74) is -2.80. The standard InChI is InChI=1S/C31H47NO7/c1-10-37-26(34)31(27(35)38-11-2)23(20-22(25(33)36-9)24(31)21-16-13-12-14-17-21)30(7,8)39-32-28(3,4)18-15-19-29(32,5)6/h12-14,16-17,22-24H,10-11,15,18-20H2,1-9H3/t22-,23-,24+/m0/s1. The highest BCUT2D eigenvalue weighted by Crippen LogP contribution is 2.62. The maximum atomic E-state index is 14.2. The number of rotatable bonds is 9. The van der Waals surface area contributed by atoms with Gasteiger partial charge in [0.25, 0.3) is 0 Å². The van der Waals surface area contributed by atoms with E-state index in [0.29, 0.717) is 5.56 Å². The minimum absolute atomic E-state index is 0.0740. The SMILES string of the molecule is CCOC(=O)C1(C(=O)OCC)[C@H](c2ccccc2)[C@@H](C(=O)OC)C[C@H]1C(C)(C)ON1C(C)(C)CCCC1(C)C. The van der Waals surface area contributed by atoms with Crippen molar-refractivity contribution in [3.8, 4) is 0 Å². The fraction of sp³-hybridized carbons (Fsp3) is 0.710. The molecule has 1 heterocycles. The van der Waals surface area contributed by atoms with Crippen LogP contribution < -0.4 is 0 Å². The van der Waals surface area contributed by atoms with Crippen LogP contribution in [0.2, 0.25) is 0 Å². The van der Waals surface area contributed by atoms with E-state index in [2.05, 4.69) is 27.7 Å². The Kier molecular flexibility index (Phi) is 9.22. The molecule has 1 saturated carbocycles. The first kappa shape index (κ1) is 31.1. The molecule has 218 valence electrons. The van der Waals surface area contributed by atoms with Gasteiger partial charge in [-0.25, -0.2) is 0 Å². The van der Waals surface area contributed by atoms with Crippen LogP contribution in [-0.4, -0.2) is 60.0 Å². The third-order valence-corrected chi connectivity index (χ3v) is 8.66. The minimum Gasteiger partial charge on any atom is -0.469 e. The van der Waals surface area contributed by atoms with Gasteiger partial charge in [-0.3, -0.25) is 19.2 Å². The van der Waals surface area contributed by atoms with Gasteiger partial charge >= 0.3 is 17.9 Å². The van der Waals surface area contributed by atoms with Crippen molar-refractivity contribution in [3.63, 3.8) is 0 Å². The predicted octanol–water partition coefficient (Wildman–Crippen LogP) is 5.45. The highest BCUT2D eigenvalue weighted by Gasteiger charge is 2.72. The molecule has 0 amide bonds. The molecule has 2 aliphatic rings. The van der Waals surface area contributed by atoms with Gasteiger partial charge in [0.05, 0.1) is 31.8 Å². The van der Waals surface area contributed by atoms with Crippen LogP contribution in [0.15, 0.2) is 30.3 Å². The smallest absolute Gasteiger partial charge is 0.324 e. The van der Waals surface area contributed by atoms with Gasteiger partial charge in [-0.2, -0.15) is 5.06 Å². The average Bonchev–Trinajstić information content (AvgIpc) is 3.25. The summed E-state index contributed by atoms with van der Waals surface area (Å²) in [7, 11) is 1.33. The number of hydrogen-bond donors (Lipinski definition) is 0. The molecule has 1 aliphatic carbocycles. The first-order valence-corrected chi connectivity index (χ1v) is 14.2. The maximum absolute atomic E-state index is 14.2. The molecule has 0 radical (unpaired) electrons. The molecule has 39 heavy (non-hydrogen) atoms. The Labute approximate surface area is 233 Å². The highest BCUT2D eigenvalue weighted by molar-refractivity contribution is 6.03. The third kappa shape index (κ3) is 5.60. The van der Waals surface area contributed by atoms with Crippen LogP contribution in [0, 0.1) is 17.3 Å². The van der Waals surface area contributed by atoms with E-state index >= 15 is 0 Å². The van der Waals surface area contributed by atoms with Crippen molar-refractivity contribution in [1.29, 1.82) is 0 Å². The van der Waals surface area contributed by atoms with E-state index in [0.717, 1.165) is 19.3 Å². The summed E-state index contributed by atoms with van der Waals surface area (Å²) in [6, 6.07) is 9.19. The van der Waals surface area contributed by atoms with Gasteiger partial charge in [0.1, 0.15) is 0 Å². The van der Waals surface area contributed by atoms with E-state index in [4.69, 9.17) is 19.0 Å². The molecule has 3 rings (SSSR count). The molecule has 0 N–H and O–H groups in total. The summed E-state index contributed by atoms with van der Waals surface area (Å²) < 4.78 is 16.5. The molecule has 0 unspecified atom stereocenters. The van der Waals surface area contributed by atoms with Crippen LogP contribution >= 0.6 is 0 Å². The molecular weight excluding hydrogens is 498 g/mol. The molecule has 3 atom stereocenters. The van der Waals surface area contributed by atoms with Crippen LogP contribution in [0.1, 0.15) is 92.6 Å². The molecule has 8 heteroatoms. The van der Waals surface area contributed by atoms with Crippen molar-refractivity contribution in [1.82, 2.24) is 5.06 Å². The number of benzene rings is 1. The van der Waals surface area contributed by atoms with Gasteiger partial charge in [0.2, 0.25) is 0 Å². The second kappa shape index (κ2) is 11.6. The fourth-order valence-corrected chi connectivity index (χ4v) is 7.13. The van der Waals surface area contributed by atoms with Gasteiger partial charge in [0.15, 0.2) is 5.41 Å². The van der Waals surface area contributed by atoms with Gasteiger partial charge in [-0.05, 0) is 86.6 Å². The third-order valence-electron chi connectivity index (χ3n) is 8.66. The Balaban J connectivity index is 2.28. The van der Waals surface area contributed by atoms with Gasteiger partial charge < -0.3 is 14.2 Å².